The van der Waals surface area contributed by atoms with Crippen molar-refractivity contribution in [1.29, 1.82) is 0 Å². The number of likely N-dealkylation sites (N-methyl/N-ethyl adjacent to an activating group) is 1. The highest BCUT2D eigenvalue weighted by atomic mass is 16.4. The third kappa shape index (κ3) is 2.74. The third-order valence-electron chi connectivity index (χ3n) is 3.70. The zero-order chi connectivity index (χ0) is 12.2. The first-order valence-corrected chi connectivity index (χ1v) is 6.16. The number of likely N-dealkylation sites (tertiary alicyclic amines) is 1. The van der Waals surface area contributed by atoms with E-state index >= 15 is 0 Å². The fraction of sp³-hybridized carbons (Fsp3) is 0.917. The molecule has 0 radical (unpaired) electrons. The molecule has 0 aromatic carbocycles. The van der Waals surface area contributed by atoms with Crippen molar-refractivity contribution in [3.05, 3.63) is 0 Å². The van der Waals surface area contributed by atoms with Crippen LogP contribution in [0.15, 0.2) is 0 Å². The number of carboxylic acids is 1. The van der Waals surface area contributed by atoms with E-state index in [-0.39, 0.29) is 0 Å². The first-order valence-electron chi connectivity index (χ1n) is 6.16. The Balaban J connectivity index is 2.71. The minimum atomic E-state index is -0.671. The van der Waals surface area contributed by atoms with Crippen LogP contribution in [-0.2, 0) is 4.79 Å². The molecule has 1 rings (SSSR count). The molecule has 4 nitrogen and oxygen atoms in total. The normalized spacial score (nSPS) is 28.0. The van der Waals surface area contributed by atoms with Crippen LogP contribution in [0.5, 0.6) is 0 Å². The predicted octanol–water partition coefficient (Wildman–Crippen LogP) is 1.27. The summed E-state index contributed by atoms with van der Waals surface area (Å²) in [4.78, 5) is 15.7. The largest absolute Gasteiger partial charge is 0.480 e. The lowest BCUT2D eigenvalue weighted by Gasteiger charge is -2.35. The van der Waals surface area contributed by atoms with Crippen molar-refractivity contribution in [2.24, 2.45) is 0 Å². The van der Waals surface area contributed by atoms with Crippen LogP contribution in [0.1, 0.15) is 32.6 Å². The molecule has 1 saturated heterocycles. The van der Waals surface area contributed by atoms with Gasteiger partial charge in [-0.15, -0.1) is 0 Å². The highest BCUT2D eigenvalue weighted by Crippen LogP contribution is 2.27. The van der Waals surface area contributed by atoms with Crippen molar-refractivity contribution in [1.82, 2.24) is 9.80 Å². The molecule has 1 N–H and O–H groups in total. The molecule has 94 valence electrons. The van der Waals surface area contributed by atoms with Gasteiger partial charge >= 0.3 is 5.97 Å². The van der Waals surface area contributed by atoms with Crippen LogP contribution in [0.3, 0.4) is 0 Å². The predicted molar refractivity (Wildman–Crippen MR) is 64.6 cm³/mol. The molecule has 0 bridgehead atoms. The number of aliphatic carboxylic acids is 1. The fourth-order valence-corrected chi connectivity index (χ4v) is 2.57. The maximum atomic E-state index is 11.5. The first kappa shape index (κ1) is 13.5. The Morgan fingerprint density at radius 1 is 1.38 bits per heavy atom. The summed E-state index contributed by atoms with van der Waals surface area (Å²) in [6.45, 7) is 5.19. The van der Waals surface area contributed by atoms with E-state index in [4.69, 9.17) is 0 Å². The molecule has 0 saturated carbocycles. The Bertz CT molecular complexity index is 243. The van der Waals surface area contributed by atoms with Crippen molar-refractivity contribution in [2.75, 3.05) is 33.7 Å². The Morgan fingerprint density at radius 2 is 2.06 bits per heavy atom. The molecule has 1 aliphatic heterocycles. The van der Waals surface area contributed by atoms with E-state index in [1.165, 1.54) is 0 Å². The maximum Gasteiger partial charge on any atom is 0.324 e. The smallest absolute Gasteiger partial charge is 0.324 e. The van der Waals surface area contributed by atoms with E-state index in [0.29, 0.717) is 0 Å². The van der Waals surface area contributed by atoms with Crippen molar-refractivity contribution in [3.63, 3.8) is 0 Å². The van der Waals surface area contributed by atoms with Gasteiger partial charge in [-0.3, -0.25) is 9.69 Å². The molecule has 1 heterocycles. The zero-order valence-corrected chi connectivity index (χ0v) is 10.7. The minimum Gasteiger partial charge on any atom is -0.480 e. The average Bonchev–Trinajstić information content (AvgIpc) is 2.41. The molecule has 0 amide bonds. The quantitative estimate of drug-likeness (QED) is 0.787. The second-order valence-electron chi connectivity index (χ2n) is 4.93. The second-order valence-corrected chi connectivity index (χ2v) is 4.93. The molecule has 4 heteroatoms. The molecule has 1 unspecified atom stereocenters. The van der Waals surface area contributed by atoms with Crippen LogP contribution >= 0.6 is 0 Å². The van der Waals surface area contributed by atoms with E-state index in [2.05, 4.69) is 11.8 Å². The SMILES string of the molecule is CCCN1CCCC(C(=O)O)(N(C)C)CC1. The molecule has 0 aromatic heterocycles. The zero-order valence-electron chi connectivity index (χ0n) is 10.7. The molecular formula is C12H24N2O2. The van der Waals surface area contributed by atoms with E-state index in [0.717, 1.165) is 45.3 Å². The molecule has 0 aliphatic carbocycles. The third-order valence-corrected chi connectivity index (χ3v) is 3.70. The molecule has 1 atom stereocenters. The van der Waals surface area contributed by atoms with Gasteiger partial charge < -0.3 is 10.0 Å². The van der Waals surface area contributed by atoms with E-state index < -0.39 is 11.5 Å². The lowest BCUT2D eigenvalue weighted by atomic mass is 9.89. The minimum absolute atomic E-state index is 0.650. The Kier molecular flexibility index (Phi) is 4.74. The van der Waals surface area contributed by atoms with Crippen molar-refractivity contribution in [2.45, 2.75) is 38.1 Å². The van der Waals surface area contributed by atoms with Crippen LogP contribution in [0.2, 0.25) is 0 Å². The summed E-state index contributed by atoms with van der Waals surface area (Å²) in [6.07, 6.45) is 3.61. The monoisotopic (exact) mass is 228 g/mol. The number of carbonyl (C=O) groups is 1. The van der Waals surface area contributed by atoms with Gasteiger partial charge in [-0.1, -0.05) is 6.92 Å². The summed E-state index contributed by atoms with van der Waals surface area (Å²) in [5.41, 5.74) is -0.650. The standard InChI is InChI=1S/C12H24N2O2/c1-4-8-14-9-5-6-12(7-10-14,11(15)16)13(2)3/h4-10H2,1-3H3,(H,15,16). The number of carboxylic acid groups (broad SMARTS) is 1. The van der Waals surface area contributed by atoms with Crippen LogP contribution in [0, 0.1) is 0 Å². The van der Waals surface area contributed by atoms with Gasteiger partial charge in [0.2, 0.25) is 0 Å². The van der Waals surface area contributed by atoms with Gasteiger partial charge in [0.05, 0.1) is 0 Å². The van der Waals surface area contributed by atoms with Crippen molar-refractivity contribution < 1.29 is 9.90 Å². The molecule has 16 heavy (non-hydrogen) atoms. The Morgan fingerprint density at radius 3 is 2.56 bits per heavy atom. The van der Waals surface area contributed by atoms with Gasteiger partial charge in [0, 0.05) is 6.54 Å². The second kappa shape index (κ2) is 5.64. The van der Waals surface area contributed by atoms with Crippen LogP contribution in [0.4, 0.5) is 0 Å². The van der Waals surface area contributed by atoms with Crippen molar-refractivity contribution >= 4 is 5.97 Å². The summed E-state index contributed by atoms with van der Waals surface area (Å²) in [5, 5.41) is 9.44. The molecule has 1 aliphatic rings. The van der Waals surface area contributed by atoms with Gasteiger partial charge in [-0.2, -0.15) is 0 Å². The number of rotatable bonds is 4. The lowest BCUT2D eigenvalue weighted by Crippen LogP contribution is -2.51. The average molecular weight is 228 g/mol. The van der Waals surface area contributed by atoms with E-state index in [1.54, 1.807) is 0 Å². The van der Waals surface area contributed by atoms with Gasteiger partial charge in [-0.05, 0) is 52.9 Å². The van der Waals surface area contributed by atoms with Crippen LogP contribution in [-0.4, -0.2) is 60.1 Å². The van der Waals surface area contributed by atoms with Gasteiger partial charge in [0.15, 0.2) is 0 Å². The molecule has 1 fully saturated rings. The van der Waals surface area contributed by atoms with Gasteiger partial charge in [0.1, 0.15) is 5.54 Å². The molecule has 0 spiro atoms. The Hall–Kier alpha value is -0.610. The highest BCUT2D eigenvalue weighted by molar-refractivity contribution is 5.78. The lowest BCUT2D eigenvalue weighted by molar-refractivity contribution is -0.150. The van der Waals surface area contributed by atoms with Crippen LogP contribution in [0.25, 0.3) is 0 Å². The number of nitrogens with zero attached hydrogens (tertiary/aromatic N) is 2. The Labute approximate surface area is 98.2 Å². The van der Waals surface area contributed by atoms with E-state index in [1.807, 2.05) is 19.0 Å². The first-order chi connectivity index (χ1) is 7.53. The number of hydrogen-bond acceptors (Lipinski definition) is 3. The van der Waals surface area contributed by atoms with Gasteiger partial charge in [0.25, 0.3) is 0 Å². The molecular weight excluding hydrogens is 204 g/mol. The van der Waals surface area contributed by atoms with Gasteiger partial charge in [-0.25, -0.2) is 0 Å². The van der Waals surface area contributed by atoms with Crippen molar-refractivity contribution in [3.8, 4) is 0 Å². The van der Waals surface area contributed by atoms with E-state index in [9.17, 15) is 9.90 Å². The summed E-state index contributed by atoms with van der Waals surface area (Å²) in [7, 11) is 3.76. The fourth-order valence-electron chi connectivity index (χ4n) is 2.57. The summed E-state index contributed by atoms with van der Waals surface area (Å²) in [6, 6.07) is 0. The summed E-state index contributed by atoms with van der Waals surface area (Å²) in [5.74, 6) is -0.671. The highest BCUT2D eigenvalue weighted by Gasteiger charge is 2.41. The topological polar surface area (TPSA) is 43.8 Å². The summed E-state index contributed by atoms with van der Waals surface area (Å²) >= 11 is 0. The summed E-state index contributed by atoms with van der Waals surface area (Å²) < 4.78 is 0. The maximum absolute atomic E-state index is 11.5. The molecule has 0 aromatic rings. The van der Waals surface area contributed by atoms with Crippen LogP contribution < -0.4 is 0 Å². The number of hydrogen-bond donors (Lipinski definition) is 1.